The summed E-state index contributed by atoms with van der Waals surface area (Å²) >= 11 is 0. The second kappa shape index (κ2) is 5.11. The average molecular weight is 262 g/mol. The lowest BCUT2D eigenvalue weighted by Crippen LogP contribution is -2.34. The number of phenolic OH excluding ortho intramolecular Hbond substituents is 1. The van der Waals surface area contributed by atoms with Gasteiger partial charge in [0.05, 0.1) is 18.8 Å². The number of aliphatic hydroxyl groups excluding tert-OH is 1. The first-order valence-corrected chi connectivity index (χ1v) is 5.78. The standard InChI is InChI=1S/C13H14N2O4/c1-8-2-3-11(17)9(6-8)14-10-7-12(18)15(4-5-16)13(10)19/h2-3,6-7,14,16-17H,4-5H2,1H3. The number of aromatic hydroxyl groups is 1. The van der Waals surface area contributed by atoms with Crippen molar-refractivity contribution in [3.63, 3.8) is 0 Å². The van der Waals surface area contributed by atoms with Gasteiger partial charge in [0.2, 0.25) is 0 Å². The molecular weight excluding hydrogens is 248 g/mol. The van der Waals surface area contributed by atoms with Crippen LogP contribution in [0.2, 0.25) is 0 Å². The van der Waals surface area contributed by atoms with E-state index in [9.17, 15) is 14.7 Å². The fourth-order valence-corrected chi connectivity index (χ4v) is 1.80. The van der Waals surface area contributed by atoms with Crippen LogP contribution in [0, 0.1) is 6.92 Å². The molecule has 6 heteroatoms. The highest BCUT2D eigenvalue weighted by molar-refractivity contribution is 6.17. The van der Waals surface area contributed by atoms with Crippen molar-refractivity contribution in [1.82, 2.24) is 4.90 Å². The van der Waals surface area contributed by atoms with Crippen LogP contribution in [0.4, 0.5) is 5.69 Å². The highest BCUT2D eigenvalue weighted by Crippen LogP contribution is 2.26. The van der Waals surface area contributed by atoms with Crippen LogP contribution in [0.25, 0.3) is 0 Å². The highest BCUT2D eigenvalue weighted by Gasteiger charge is 2.30. The number of β-amino-alcohol motifs (C(OH)–C–C–N with tert-alkyl or cyclic N) is 1. The zero-order valence-corrected chi connectivity index (χ0v) is 10.4. The van der Waals surface area contributed by atoms with Crippen LogP contribution in [0.5, 0.6) is 5.75 Å². The first-order chi connectivity index (χ1) is 9.02. The number of rotatable bonds is 4. The lowest BCUT2D eigenvalue weighted by atomic mass is 10.2. The van der Waals surface area contributed by atoms with Crippen LogP contribution in [0.3, 0.4) is 0 Å². The molecule has 2 rings (SSSR count). The quantitative estimate of drug-likeness (QED) is 0.538. The predicted molar refractivity (Wildman–Crippen MR) is 68.4 cm³/mol. The average Bonchev–Trinajstić information content (AvgIpc) is 2.62. The molecule has 0 unspecified atom stereocenters. The van der Waals surface area contributed by atoms with E-state index >= 15 is 0 Å². The number of imide groups is 1. The third-order valence-electron chi connectivity index (χ3n) is 2.75. The van der Waals surface area contributed by atoms with E-state index in [2.05, 4.69) is 5.32 Å². The highest BCUT2D eigenvalue weighted by atomic mass is 16.3. The van der Waals surface area contributed by atoms with E-state index in [4.69, 9.17) is 5.11 Å². The molecule has 1 aliphatic heterocycles. The Morgan fingerprint density at radius 2 is 2.05 bits per heavy atom. The zero-order valence-electron chi connectivity index (χ0n) is 10.4. The number of nitrogens with one attached hydrogen (secondary N) is 1. The van der Waals surface area contributed by atoms with Crippen molar-refractivity contribution in [2.24, 2.45) is 0 Å². The largest absolute Gasteiger partial charge is 0.506 e. The number of hydrogen-bond acceptors (Lipinski definition) is 5. The number of phenols is 1. The number of carbonyl (C=O) groups is 2. The molecule has 100 valence electrons. The molecule has 1 heterocycles. The smallest absolute Gasteiger partial charge is 0.277 e. The minimum atomic E-state index is -0.514. The van der Waals surface area contributed by atoms with E-state index in [-0.39, 0.29) is 24.6 Å². The topological polar surface area (TPSA) is 89.9 Å². The van der Waals surface area contributed by atoms with Crippen molar-refractivity contribution in [3.8, 4) is 5.75 Å². The summed E-state index contributed by atoms with van der Waals surface area (Å²) in [6.45, 7) is 1.52. The summed E-state index contributed by atoms with van der Waals surface area (Å²) < 4.78 is 0. The molecule has 0 saturated carbocycles. The number of carbonyl (C=O) groups excluding carboxylic acids is 2. The Labute approximate surface area is 110 Å². The summed E-state index contributed by atoms with van der Waals surface area (Å²) in [6.07, 6.45) is 1.15. The monoisotopic (exact) mass is 262 g/mol. The molecule has 0 aliphatic carbocycles. The van der Waals surface area contributed by atoms with Crippen LogP contribution >= 0.6 is 0 Å². The van der Waals surface area contributed by atoms with Gasteiger partial charge in [-0.15, -0.1) is 0 Å². The molecule has 2 amide bonds. The van der Waals surface area contributed by atoms with Gasteiger partial charge in [0.15, 0.2) is 0 Å². The van der Waals surface area contributed by atoms with Gasteiger partial charge in [-0.05, 0) is 24.6 Å². The van der Waals surface area contributed by atoms with Crippen LogP contribution in [-0.2, 0) is 9.59 Å². The number of hydrogen-bond donors (Lipinski definition) is 3. The maximum atomic E-state index is 11.9. The van der Waals surface area contributed by atoms with Crippen molar-refractivity contribution >= 4 is 17.5 Å². The second-order valence-corrected chi connectivity index (χ2v) is 4.22. The lowest BCUT2D eigenvalue weighted by molar-refractivity contribution is -0.137. The van der Waals surface area contributed by atoms with Gasteiger partial charge in [0.1, 0.15) is 11.4 Å². The molecule has 0 radical (unpaired) electrons. The first kappa shape index (κ1) is 13.1. The van der Waals surface area contributed by atoms with Crippen LogP contribution in [0.15, 0.2) is 30.0 Å². The van der Waals surface area contributed by atoms with Crippen molar-refractivity contribution in [2.75, 3.05) is 18.5 Å². The van der Waals surface area contributed by atoms with Crippen molar-refractivity contribution < 1.29 is 19.8 Å². The number of amides is 2. The van der Waals surface area contributed by atoms with E-state index in [0.29, 0.717) is 5.69 Å². The zero-order chi connectivity index (χ0) is 14.0. The van der Waals surface area contributed by atoms with Gasteiger partial charge in [-0.2, -0.15) is 0 Å². The van der Waals surface area contributed by atoms with Gasteiger partial charge < -0.3 is 15.5 Å². The summed E-state index contributed by atoms with van der Waals surface area (Å²) in [5, 5.41) is 21.2. The molecule has 1 aromatic rings. The van der Waals surface area contributed by atoms with Crippen LogP contribution in [0.1, 0.15) is 5.56 Å². The van der Waals surface area contributed by atoms with Gasteiger partial charge in [-0.1, -0.05) is 6.07 Å². The van der Waals surface area contributed by atoms with Gasteiger partial charge in [0, 0.05) is 6.08 Å². The Hall–Kier alpha value is -2.34. The summed E-state index contributed by atoms with van der Waals surface area (Å²) in [7, 11) is 0. The number of benzene rings is 1. The fraction of sp³-hybridized carbons (Fsp3) is 0.231. The Bertz CT molecular complexity index is 566. The van der Waals surface area contributed by atoms with Gasteiger partial charge >= 0.3 is 0 Å². The van der Waals surface area contributed by atoms with Gasteiger partial charge in [-0.25, -0.2) is 0 Å². The fourth-order valence-electron chi connectivity index (χ4n) is 1.80. The number of anilines is 1. The van der Waals surface area contributed by atoms with Crippen molar-refractivity contribution in [3.05, 3.63) is 35.5 Å². The third-order valence-corrected chi connectivity index (χ3v) is 2.75. The van der Waals surface area contributed by atoms with E-state index in [1.54, 1.807) is 12.1 Å². The van der Waals surface area contributed by atoms with E-state index in [1.165, 1.54) is 6.07 Å². The SMILES string of the molecule is Cc1ccc(O)c(NC2=CC(=O)N(CCO)C2=O)c1. The minimum Gasteiger partial charge on any atom is -0.506 e. The minimum absolute atomic E-state index is 0.00708. The molecule has 1 aromatic carbocycles. The molecular formula is C13H14N2O4. The second-order valence-electron chi connectivity index (χ2n) is 4.22. The van der Waals surface area contributed by atoms with Gasteiger partial charge in [-0.3, -0.25) is 14.5 Å². The molecule has 0 spiro atoms. The van der Waals surface area contributed by atoms with Crippen molar-refractivity contribution in [1.29, 1.82) is 0 Å². The normalized spacial score (nSPS) is 14.8. The maximum absolute atomic E-state index is 11.9. The molecule has 1 aliphatic rings. The van der Waals surface area contributed by atoms with E-state index in [1.807, 2.05) is 6.92 Å². The number of nitrogens with zero attached hydrogens (tertiary/aromatic N) is 1. The molecule has 0 fully saturated rings. The first-order valence-electron chi connectivity index (χ1n) is 5.78. The molecule has 6 nitrogen and oxygen atoms in total. The van der Waals surface area contributed by atoms with E-state index in [0.717, 1.165) is 16.5 Å². The Morgan fingerprint density at radius 3 is 2.74 bits per heavy atom. The van der Waals surface area contributed by atoms with E-state index < -0.39 is 11.8 Å². The van der Waals surface area contributed by atoms with Crippen LogP contribution in [-0.4, -0.2) is 40.1 Å². The molecule has 0 bridgehead atoms. The van der Waals surface area contributed by atoms with Gasteiger partial charge in [0.25, 0.3) is 11.8 Å². The number of aryl methyl sites for hydroxylation is 1. The summed E-state index contributed by atoms with van der Waals surface area (Å²) in [5.74, 6) is -0.999. The summed E-state index contributed by atoms with van der Waals surface area (Å²) in [6, 6.07) is 4.90. The molecule has 0 saturated heterocycles. The Balaban J connectivity index is 2.20. The molecule has 0 atom stereocenters. The third kappa shape index (κ3) is 2.58. The Morgan fingerprint density at radius 1 is 1.32 bits per heavy atom. The van der Waals surface area contributed by atoms with Crippen LogP contribution < -0.4 is 5.32 Å². The number of aliphatic hydroxyl groups is 1. The molecule has 0 aromatic heterocycles. The van der Waals surface area contributed by atoms with Crippen molar-refractivity contribution in [2.45, 2.75) is 6.92 Å². The summed E-state index contributed by atoms with van der Waals surface area (Å²) in [5.41, 5.74) is 1.35. The lowest BCUT2D eigenvalue weighted by Gasteiger charge is -2.14. The Kier molecular flexibility index (Phi) is 3.52. The molecule has 3 N–H and O–H groups in total. The molecule has 19 heavy (non-hydrogen) atoms. The summed E-state index contributed by atoms with van der Waals surface area (Å²) in [4.78, 5) is 24.4. The predicted octanol–water partition coefficient (Wildman–Crippen LogP) is 0.358. The maximum Gasteiger partial charge on any atom is 0.277 e.